The topological polar surface area (TPSA) is 20.0 Å². The maximum atomic E-state index is 7.45. The second-order valence-corrected chi connectivity index (χ2v) is 6.29. The Morgan fingerprint density at radius 2 is 2.32 bits per heavy atom. The zero-order valence-corrected chi connectivity index (χ0v) is 12.3. The third kappa shape index (κ3) is 2.37. The summed E-state index contributed by atoms with van der Waals surface area (Å²) in [6, 6.07) is 0. The molecule has 0 bridgehead atoms. The fraction of sp³-hybridized carbons (Fsp3) is 0.467. The average Bonchev–Trinajstić information content (AvgIpc) is 2.75. The monoisotopic (exact) mass is 271 g/mol. The lowest BCUT2D eigenvalue weighted by Gasteiger charge is -2.29. The number of hydrogen-bond donors (Lipinski definition) is 0. The van der Waals surface area contributed by atoms with Crippen LogP contribution < -0.4 is 0 Å². The zero-order chi connectivity index (χ0) is 14.0. The first-order valence-corrected chi connectivity index (χ1v) is 7.05. The van der Waals surface area contributed by atoms with E-state index in [1.54, 1.807) is 17.7 Å². The lowest BCUT2D eigenvalue weighted by atomic mass is 9.74. The number of rotatable bonds is 2. The van der Waals surface area contributed by atoms with Gasteiger partial charge >= 0.3 is 0 Å². The molecule has 0 saturated heterocycles. The minimum absolute atomic E-state index is 0.310. The highest BCUT2D eigenvalue weighted by atomic mass is 32.1. The molecule has 0 aromatic carbocycles. The van der Waals surface area contributed by atoms with Crippen molar-refractivity contribution in [3.05, 3.63) is 21.9 Å². The van der Waals surface area contributed by atoms with E-state index in [4.69, 9.17) is 13.0 Å². The second-order valence-electron chi connectivity index (χ2n) is 5.20. The smallest absolute Gasteiger partial charge is 0.227 e. The second kappa shape index (κ2) is 5.07. The van der Waals surface area contributed by atoms with Crippen molar-refractivity contribution in [2.75, 3.05) is 14.1 Å². The summed E-state index contributed by atoms with van der Waals surface area (Å²) in [5, 5.41) is 0.789. The molecule has 1 atom stereocenters. The van der Waals surface area contributed by atoms with Crippen LogP contribution in [0.3, 0.4) is 0 Å². The molecule has 1 heterocycles. The number of terminal acetylenes is 1. The highest BCUT2D eigenvalue weighted by Gasteiger charge is 2.35. The summed E-state index contributed by atoms with van der Waals surface area (Å²) >= 11 is 1.61. The molecule has 0 saturated carbocycles. The van der Waals surface area contributed by atoms with Crippen LogP contribution in [0.4, 0.5) is 10.7 Å². The summed E-state index contributed by atoms with van der Waals surface area (Å²) in [6.07, 6.45) is 10.5. The van der Waals surface area contributed by atoms with E-state index in [1.807, 2.05) is 19.0 Å². The molecule has 2 rings (SSSR count). The number of fused-ring (bicyclic) bond motifs is 1. The maximum absolute atomic E-state index is 7.45. The lowest BCUT2D eigenvalue weighted by molar-refractivity contribution is 0.505. The van der Waals surface area contributed by atoms with Crippen molar-refractivity contribution in [2.45, 2.75) is 31.6 Å². The molecule has 98 valence electrons. The normalized spacial score (nSPS) is 21.7. The van der Waals surface area contributed by atoms with E-state index in [1.165, 1.54) is 4.88 Å². The zero-order valence-electron chi connectivity index (χ0n) is 11.5. The van der Waals surface area contributed by atoms with Gasteiger partial charge in [0.25, 0.3) is 0 Å². The van der Waals surface area contributed by atoms with Gasteiger partial charge in [0.05, 0.1) is 12.9 Å². The van der Waals surface area contributed by atoms with Crippen molar-refractivity contribution < 1.29 is 0 Å². The van der Waals surface area contributed by atoms with Gasteiger partial charge in [-0.3, -0.25) is 0 Å². The first-order chi connectivity index (χ1) is 9.01. The predicted molar refractivity (Wildman–Crippen MR) is 81.5 cm³/mol. The molecule has 0 spiro atoms. The van der Waals surface area contributed by atoms with E-state index < -0.39 is 0 Å². The molecule has 0 N–H and O–H groups in total. The Balaban J connectivity index is 2.58. The van der Waals surface area contributed by atoms with Crippen molar-refractivity contribution in [1.29, 1.82) is 0 Å². The van der Waals surface area contributed by atoms with Gasteiger partial charge in [-0.1, -0.05) is 5.92 Å². The Hall–Kier alpha value is -1.78. The number of aryl methyl sites for hydroxylation is 1. The van der Waals surface area contributed by atoms with Gasteiger partial charge in [0.15, 0.2) is 0 Å². The Labute approximate surface area is 118 Å². The van der Waals surface area contributed by atoms with Crippen LogP contribution in [0.5, 0.6) is 0 Å². The van der Waals surface area contributed by atoms with Crippen LogP contribution in [-0.2, 0) is 11.8 Å². The van der Waals surface area contributed by atoms with Crippen molar-refractivity contribution in [2.24, 2.45) is 4.99 Å². The minimum Gasteiger partial charge on any atom is -0.369 e. The molecular weight excluding hydrogens is 254 g/mol. The van der Waals surface area contributed by atoms with Crippen LogP contribution in [0.15, 0.2) is 4.99 Å². The standard InChI is InChI=1S/C15H17N3S/c1-6-15(2)9-7-8-11-12(15)13(16-3)14(19-11)17-10-18(4)5/h1,10H,7-9H2,2,4-5H3/t15-/m0/s1. The summed E-state index contributed by atoms with van der Waals surface area (Å²) in [4.78, 5) is 11.2. The highest BCUT2D eigenvalue weighted by Crippen LogP contribution is 2.51. The third-order valence-electron chi connectivity index (χ3n) is 3.41. The van der Waals surface area contributed by atoms with Crippen LogP contribution in [0, 0.1) is 18.9 Å². The highest BCUT2D eigenvalue weighted by molar-refractivity contribution is 7.16. The molecule has 1 aliphatic rings. The van der Waals surface area contributed by atoms with Crippen molar-refractivity contribution in [3.8, 4) is 12.3 Å². The fourth-order valence-electron chi connectivity index (χ4n) is 2.43. The Morgan fingerprint density at radius 3 is 2.89 bits per heavy atom. The van der Waals surface area contributed by atoms with Crippen molar-refractivity contribution >= 4 is 28.4 Å². The van der Waals surface area contributed by atoms with Crippen LogP contribution >= 0.6 is 11.3 Å². The summed E-state index contributed by atoms with van der Waals surface area (Å²) in [7, 11) is 3.83. The molecule has 0 aliphatic heterocycles. The van der Waals surface area contributed by atoms with Gasteiger partial charge in [-0.05, 0) is 36.6 Å². The summed E-state index contributed by atoms with van der Waals surface area (Å²) in [6.45, 7) is 9.52. The van der Waals surface area contributed by atoms with E-state index in [0.29, 0.717) is 5.69 Å². The molecule has 3 nitrogen and oxygen atoms in total. The minimum atomic E-state index is -0.310. The van der Waals surface area contributed by atoms with Gasteiger partial charge in [-0.25, -0.2) is 9.84 Å². The van der Waals surface area contributed by atoms with E-state index >= 15 is 0 Å². The molecule has 0 fully saturated rings. The Kier molecular flexibility index (Phi) is 3.64. The van der Waals surface area contributed by atoms with Gasteiger partial charge < -0.3 is 4.90 Å². The van der Waals surface area contributed by atoms with Gasteiger partial charge in [-0.2, -0.15) is 0 Å². The SMILES string of the molecule is [C-]#[N+]c1c(N=CN(C)C)sc2c1[C@@](C)(C#C)CCC2. The van der Waals surface area contributed by atoms with Gasteiger partial charge in [-0.15, -0.1) is 17.8 Å². The number of nitrogens with zero attached hydrogens (tertiary/aromatic N) is 3. The van der Waals surface area contributed by atoms with Gasteiger partial charge in [0, 0.05) is 19.5 Å². The first kappa shape index (κ1) is 13.6. The quantitative estimate of drug-likeness (QED) is 0.347. The molecule has 1 aliphatic carbocycles. The molecule has 1 aromatic heterocycles. The molecule has 19 heavy (non-hydrogen) atoms. The molecule has 0 unspecified atom stereocenters. The van der Waals surface area contributed by atoms with Crippen LogP contribution in [0.2, 0.25) is 0 Å². The third-order valence-corrected chi connectivity index (χ3v) is 4.55. The maximum Gasteiger partial charge on any atom is 0.227 e. The number of hydrogen-bond acceptors (Lipinski definition) is 2. The summed E-state index contributed by atoms with van der Waals surface area (Å²) in [5.41, 5.74) is 1.39. The molecule has 0 radical (unpaired) electrons. The molecule has 0 amide bonds. The van der Waals surface area contributed by atoms with Gasteiger partial charge in [0.2, 0.25) is 5.69 Å². The summed E-state index contributed by atoms with van der Waals surface area (Å²) in [5.74, 6) is 2.89. The van der Waals surface area contributed by atoms with E-state index in [0.717, 1.165) is 29.8 Å². The van der Waals surface area contributed by atoms with Crippen LogP contribution in [-0.4, -0.2) is 25.3 Å². The largest absolute Gasteiger partial charge is 0.369 e. The fourth-order valence-corrected chi connectivity index (χ4v) is 3.68. The van der Waals surface area contributed by atoms with Crippen LogP contribution in [0.1, 0.15) is 30.2 Å². The predicted octanol–water partition coefficient (Wildman–Crippen LogP) is 3.75. The lowest BCUT2D eigenvalue weighted by Crippen LogP contribution is -2.24. The van der Waals surface area contributed by atoms with E-state index in [2.05, 4.69) is 22.7 Å². The van der Waals surface area contributed by atoms with Crippen molar-refractivity contribution in [1.82, 2.24) is 4.90 Å². The molecular formula is C15H17N3S. The number of aliphatic imine (C=N–C) groups is 1. The Morgan fingerprint density at radius 1 is 1.58 bits per heavy atom. The summed E-state index contributed by atoms with van der Waals surface area (Å²) < 4.78 is 0. The molecule has 4 heteroatoms. The number of thiophene rings is 1. The average molecular weight is 271 g/mol. The van der Waals surface area contributed by atoms with E-state index in [-0.39, 0.29) is 5.41 Å². The van der Waals surface area contributed by atoms with Gasteiger partial charge in [0.1, 0.15) is 5.00 Å². The van der Waals surface area contributed by atoms with Crippen molar-refractivity contribution in [3.63, 3.8) is 0 Å². The van der Waals surface area contributed by atoms with Crippen LogP contribution in [0.25, 0.3) is 4.85 Å². The van der Waals surface area contributed by atoms with E-state index in [9.17, 15) is 0 Å². The first-order valence-electron chi connectivity index (χ1n) is 6.24. The molecule has 1 aromatic rings. The Bertz CT molecular complexity index is 598.